The van der Waals surface area contributed by atoms with Gasteiger partial charge in [-0.05, 0) is 6.92 Å². The highest BCUT2D eigenvalue weighted by Crippen LogP contribution is 2.20. The second-order valence-electron chi connectivity index (χ2n) is 4.27. The standard InChI is InChI=1S/C14H16ClN3O/c1-10(9-19-2)16-13-8-12(15)17-14(18-13)11-6-4-3-5-7-11/h3-8,10H,9H2,1-2H3,(H,16,17,18). The smallest absolute Gasteiger partial charge is 0.163 e. The molecule has 2 rings (SSSR count). The number of benzene rings is 1. The first kappa shape index (κ1) is 13.8. The first-order chi connectivity index (χ1) is 9.19. The normalized spacial score (nSPS) is 12.2. The number of halogens is 1. The van der Waals surface area contributed by atoms with Crippen LogP contribution < -0.4 is 5.32 Å². The van der Waals surface area contributed by atoms with Gasteiger partial charge in [-0.1, -0.05) is 41.9 Å². The van der Waals surface area contributed by atoms with Gasteiger partial charge in [0.1, 0.15) is 11.0 Å². The van der Waals surface area contributed by atoms with E-state index in [1.54, 1.807) is 13.2 Å². The lowest BCUT2D eigenvalue weighted by atomic mass is 10.2. The van der Waals surface area contributed by atoms with Gasteiger partial charge in [-0.15, -0.1) is 0 Å². The molecule has 0 aliphatic rings. The van der Waals surface area contributed by atoms with Crippen molar-refractivity contribution in [3.05, 3.63) is 41.6 Å². The summed E-state index contributed by atoms with van der Waals surface area (Å²) in [6, 6.07) is 11.6. The predicted molar refractivity (Wildman–Crippen MR) is 77.4 cm³/mol. The molecular weight excluding hydrogens is 262 g/mol. The second kappa shape index (κ2) is 6.50. The molecule has 100 valence electrons. The first-order valence-corrected chi connectivity index (χ1v) is 6.42. The van der Waals surface area contributed by atoms with Crippen LogP contribution >= 0.6 is 11.6 Å². The summed E-state index contributed by atoms with van der Waals surface area (Å²) in [5.41, 5.74) is 0.937. The van der Waals surface area contributed by atoms with E-state index in [-0.39, 0.29) is 6.04 Å². The fraction of sp³-hybridized carbons (Fsp3) is 0.286. The minimum atomic E-state index is 0.152. The maximum atomic E-state index is 6.04. The summed E-state index contributed by atoms with van der Waals surface area (Å²) in [4.78, 5) is 8.70. The van der Waals surface area contributed by atoms with Crippen molar-refractivity contribution in [3.8, 4) is 11.4 Å². The second-order valence-corrected chi connectivity index (χ2v) is 4.65. The number of nitrogens with zero attached hydrogens (tertiary/aromatic N) is 2. The monoisotopic (exact) mass is 277 g/mol. The Morgan fingerprint density at radius 2 is 2.00 bits per heavy atom. The van der Waals surface area contributed by atoms with E-state index in [0.29, 0.717) is 23.4 Å². The van der Waals surface area contributed by atoms with E-state index in [4.69, 9.17) is 16.3 Å². The molecule has 0 fully saturated rings. The van der Waals surface area contributed by atoms with Crippen LogP contribution in [0, 0.1) is 0 Å². The third-order valence-corrected chi connectivity index (χ3v) is 2.73. The number of rotatable bonds is 5. The molecule has 0 amide bonds. The average molecular weight is 278 g/mol. The zero-order valence-electron chi connectivity index (χ0n) is 10.9. The highest BCUT2D eigenvalue weighted by atomic mass is 35.5. The molecule has 1 aromatic heterocycles. The molecule has 0 spiro atoms. The molecule has 1 aromatic carbocycles. The molecule has 0 aliphatic carbocycles. The molecule has 0 bridgehead atoms. The van der Waals surface area contributed by atoms with Gasteiger partial charge in [0.05, 0.1) is 6.61 Å². The van der Waals surface area contributed by atoms with Crippen molar-refractivity contribution in [1.29, 1.82) is 0 Å². The topological polar surface area (TPSA) is 47.0 Å². The molecule has 19 heavy (non-hydrogen) atoms. The van der Waals surface area contributed by atoms with Crippen molar-refractivity contribution >= 4 is 17.4 Å². The number of hydrogen-bond acceptors (Lipinski definition) is 4. The molecule has 0 saturated carbocycles. The molecule has 1 N–H and O–H groups in total. The zero-order chi connectivity index (χ0) is 13.7. The van der Waals surface area contributed by atoms with Gasteiger partial charge in [-0.25, -0.2) is 9.97 Å². The number of methoxy groups -OCH3 is 1. The van der Waals surface area contributed by atoms with Crippen LogP contribution in [-0.4, -0.2) is 29.7 Å². The summed E-state index contributed by atoms with van der Waals surface area (Å²) < 4.78 is 5.08. The Labute approximate surface area is 117 Å². The Hall–Kier alpha value is -1.65. The Morgan fingerprint density at radius 3 is 2.68 bits per heavy atom. The van der Waals surface area contributed by atoms with Gasteiger partial charge in [0, 0.05) is 24.8 Å². The Morgan fingerprint density at radius 1 is 1.26 bits per heavy atom. The molecule has 1 unspecified atom stereocenters. The van der Waals surface area contributed by atoms with E-state index in [1.165, 1.54) is 0 Å². The third kappa shape index (κ3) is 3.91. The number of anilines is 1. The van der Waals surface area contributed by atoms with Crippen LogP contribution in [0.3, 0.4) is 0 Å². The van der Waals surface area contributed by atoms with E-state index in [2.05, 4.69) is 15.3 Å². The quantitative estimate of drug-likeness (QED) is 0.853. The van der Waals surface area contributed by atoms with Crippen molar-refractivity contribution in [2.45, 2.75) is 13.0 Å². The van der Waals surface area contributed by atoms with Crippen LogP contribution in [0.5, 0.6) is 0 Å². The van der Waals surface area contributed by atoms with E-state index < -0.39 is 0 Å². The maximum Gasteiger partial charge on any atom is 0.163 e. The fourth-order valence-corrected chi connectivity index (χ4v) is 1.94. The Balaban J connectivity index is 2.25. The third-order valence-electron chi connectivity index (χ3n) is 2.54. The van der Waals surface area contributed by atoms with Crippen LogP contribution in [0.4, 0.5) is 5.82 Å². The van der Waals surface area contributed by atoms with Gasteiger partial charge < -0.3 is 10.1 Å². The molecule has 0 saturated heterocycles. The highest BCUT2D eigenvalue weighted by molar-refractivity contribution is 6.29. The summed E-state index contributed by atoms with van der Waals surface area (Å²) in [7, 11) is 1.67. The lowest BCUT2D eigenvalue weighted by Crippen LogP contribution is -2.21. The van der Waals surface area contributed by atoms with Crippen LogP contribution in [-0.2, 0) is 4.74 Å². The Kier molecular flexibility index (Phi) is 4.71. The fourth-order valence-electron chi connectivity index (χ4n) is 1.75. The molecular formula is C14H16ClN3O. The molecule has 1 heterocycles. The average Bonchev–Trinajstić information content (AvgIpc) is 2.39. The summed E-state index contributed by atoms with van der Waals surface area (Å²) in [5.74, 6) is 1.31. The van der Waals surface area contributed by atoms with E-state index in [0.717, 1.165) is 5.56 Å². The molecule has 4 nitrogen and oxygen atoms in total. The largest absolute Gasteiger partial charge is 0.383 e. The SMILES string of the molecule is COCC(C)Nc1cc(Cl)nc(-c2ccccc2)n1. The van der Waals surface area contributed by atoms with Crippen LogP contribution in [0.1, 0.15) is 6.92 Å². The van der Waals surface area contributed by atoms with Crippen LogP contribution in [0.2, 0.25) is 5.15 Å². The highest BCUT2D eigenvalue weighted by Gasteiger charge is 2.08. The number of hydrogen-bond donors (Lipinski definition) is 1. The number of aromatic nitrogens is 2. The zero-order valence-corrected chi connectivity index (χ0v) is 11.7. The maximum absolute atomic E-state index is 6.04. The van der Waals surface area contributed by atoms with Gasteiger partial charge in [0.15, 0.2) is 5.82 Å². The summed E-state index contributed by atoms with van der Waals surface area (Å²) in [6.45, 7) is 2.62. The van der Waals surface area contributed by atoms with Crippen molar-refractivity contribution in [3.63, 3.8) is 0 Å². The minimum Gasteiger partial charge on any atom is -0.383 e. The van der Waals surface area contributed by atoms with Gasteiger partial charge >= 0.3 is 0 Å². The van der Waals surface area contributed by atoms with Crippen molar-refractivity contribution < 1.29 is 4.74 Å². The molecule has 5 heteroatoms. The van der Waals surface area contributed by atoms with E-state index in [1.807, 2.05) is 37.3 Å². The van der Waals surface area contributed by atoms with Crippen molar-refractivity contribution in [2.24, 2.45) is 0 Å². The van der Waals surface area contributed by atoms with Crippen molar-refractivity contribution in [1.82, 2.24) is 9.97 Å². The predicted octanol–water partition coefficient (Wildman–Crippen LogP) is 3.24. The molecule has 0 radical (unpaired) electrons. The summed E-state index contributed by atoms with van der Waals surface area (Å²) >= 11 is 6.04. The van der Waals surface area contributed by atoms with E-state index in [9.17, 15) is 0 Å². The number of ether oxygens (including phenoxy) is 1. The van der Waals surface area contributed by atoms with Gasteiger partial charge in [0.2, 0.25) is 0 Å². The first-order valence-electron chi connectivity index (χ1n) is 6.04. The molecule has 1 atom stereocenters. The van der Waals surface area contributed by atoms with Crippen LogP contribution in [0.25, 0.3) is 11.4 Å². The Bertz CT molecular complexity index is 533. The minimum absolute atomic E-state index is 0.152. The lowest BCUT2D eigenvalue weighted by Gasteiger charge is -2.14. The van der Waals surface area contributed by atoms with Crippen LogP contribution in [0.15, 0.2) is 36.4 Å². The van der Waals surface area contributed by atoms with Gasteiger partial charge in [-0.3, -0.25) is 0 Å². The summed E-state index contributed by atoms with van der Waals surface area (Å²) in [6.07, 6.45) is 0. The number of nitrogens with one attached hydrogen (secondary N) is 1. The molecule has 0 aliphatic heterocycles. The van der Waals surface area contributed by atoms with Gasteiger partial charge in [0.25, 0.3) is 0 Å². The summed E-state index contributed by atoms with van der Waals surface area (Å²) in [5, 5.41) is 3.65. The van der Waals surface area contributed by atoms with E-state index >= 15 is 0 Å². The lowest BCUT2D eigenvalue weighted by molar-refractivity contribution is 0.190. The van der Waals surface area contributed by atoms with Gasteiger partial charge in [-0.2, -0.15) is 0 Å². The molecule has 2 aromatic rings. The van der Waals surface area contributed by atoms with Crippen molar-refractivity contribution in [2.75, 3.05) is 19.0 Å².